The fourth-order valence-electron chi connectivity index (χ4n) is 2.09. The number of benzene rings is 1. The highest BCUT2D eigenvalue weighted by molar-refractivity contribution is 5.59. The van der Waals surface area contributed by atoms with E-state index in [1.807, 2.05) is 24.7 Å². The summed E-state index contributed by atoms with van der Waals surface area (Å²) in [5.41, 5.74) is 2.20. The van der Waals surface area contributed by atoms with Gasteiger partial charge in [-0.25, -0.2) is 4.98 Å². The van der Waals surface area contributed by atoms with Crippen molar-refractivity contribution in [3.63, 3.8) is 0 Å². The molecule has 0 bridgehead atoms. The number of aromatic hydroxyl groups is 1. The zero-order chi connectivity index (χ0) is 11.7. The van der Waals surface area contributed by atoms with E-state index in [-0.39, 0.29) is 0 Å². The number of nitrogens with one attached hydrogen (secondary N) is 1. The third-order valence-corrected chi connectivity index (χ3v) is 3.20. The molecule has 0 atom stereocenters. The molecule has 1 aliphatic rings. The minimum atomic E-state index is 0.294. The van der Waals surface area contributed by atoms with Gasteiger partial charge in [0, 0.05) is 31.1 Å². The lowest BCUT2D eigenvalue weighted by Gasteiger charge is -2.27. The number of rotatable bonds is 3. The highest BCUT2D eigenvalue weighted by atomic mass is 16.3. The smallest absolute Gasteiger partial charge is 0.115 e. The van der Waals surface area contributed by atoms with Crippen LogP contribution >= 0.6 is 0 Å². The second-order valence-electron chi connectivity index (χ2n) is 4.50. The number of phenolic OH excluding ortho intramolecular Hbond substituents is 1. The van der Waals surface area contributed by atoms with E-state index in [1.165, 1.54) is 0 Å². The Morgan fingerprint density at radius 1 is 1.29 bits per heavy atom. The van der Waals surface area contributed by atoms with E-state index in [1.54, 1.807) is 12.1 Å². The highest BCUT2D eigenvalue weighted by Gasteiger charge is 2.18. The van der Waals surface area contributed by atoms with Crippen molar-refractivity contribution in [3.05, 3.63) is 36.8 Å². The van der Waals surface area contributed by atoms with Crippen LogP contribution in [0, 0.1) is 5.92 Å². The molecular weight excluding hydrogens is 214 g/mol. The van der Waals surface area contributed by atoms with Gasteiger partial charge in [0.15, 0.2) is 0 Å². The molecule has 0 saturated carbocycles. The van der Waals surface area contributed by atoms with Crippen molar-refractivity contribution in [2.24, 2.45) is 5.92 Å². The van der Waals surface area contributed by atoms with Crippen LogP contribution in [0.2, 0.25) is 0 Å². The molecule has 2 heterocycles. The zero-order valence-corrected chi connectivity index (χ0v) is 9.50. The van der Waals surface area contributed by atoms with E-state index in [0.29, 0.717) is 11.7 Å². The van der Waals surface area contributed by atoms with Gasteiger partial charge in [-0.05, 0) is 24.3 Å². The number of phenols is 1. The van der Waals surface area contributed by atoms with Crippen LogP contribution in [-0.2, 0) is 6.54 Å². The molecule has 0 aliphatic carbocycles. The average molecular weight is 229 g/mol. The molecule has 4 heteroatoms. The molecule has 1 aliphatic heterocycles. The van der Waals surface area contributed by atoms with Crippen LogP contribution in [0.3, 0.4) is 0 Å². The maximum Gasteiger partial charge on any atom is 0.115 e. The van der Waals surface area contributed by atoms with Crippen LogP contribution in [0.4, 0.5) is 0 Å². The van der Waals surface area contributed by atoms with Crippen LogP contribution in [0.25, 0.3) is 11.3 Å². The molecule has 1 aromatic heterocycles. The lowest BCUT2D eigenvalue weighted by molar-refractivity contribution is 0.308. The Labute approximate surface area is 99.9 Å². The van der Waals surface area contributed by atoms with Crippen LogP contribution in [0.5, 0.6) is 5.75 Å². The molecule has 0 amide bonds. The van der Waals surface area contributed by atoms with Crippen molar-refractivity contribution >= 4 is 0 Å². The molecule has 2 N–H and O–H groups in total. The quantitative estimate of drug-likeness (QED) is 0.838. The normalized spacial score (nSPS) is 15.8. The first kappa shape index (κ1) is 10.4. The topological polar surface area (TPSA) is 50.1 Å². The maximum atomic E-state index is 9.29. The third kappa shape index (κ3) is 2.03. The molecule has 1 fully saturated rings. The molecule has 1 saturated heterocycles. The molecule has 2 aromatic rings. The Morgan fingerprint density at radius 2 is 2.06 bits per heavy atom. The standard InChI is InChI=1S/C13H15N3O/c17-12-3-1-11(2-4-12)13-7-15-9-16(13)8-10-5-14-6-10/h1-4,7,9-10,14,17H,5-6,8H2. The van der Waals surface area contributed by atoms with Crippen LogP contribution in [0.1, 0.15) is 0 Å². The van der Waals surface area contributed by atoms with Gasteiger partial charge in [-0.1, -0.05) is 0 Å². The third-order valence-electron chi connectivity index (χ3n) is 3.20. The van der Waals surface area contributed by atoms with Gasteiger partial charge < -0.3 is 15.0 Å². The van der Waals surface area contributed by atoms with E-state index in [9.17, 15) is 5.11 Å². The summed E-state index contributed by atoms with van der Waals surface area (Å²) >= 11 is 0. The Morgan fingerprint density at radius 3 is 2.71 bits per heavy atom. The monoisotopic (exact) mass is 229 g/mol. The van der Waals surface area contributed by atoms with Gasteiger partial charge in [-0.3, -0.25) is 0 Å². The Hall–Kier alpha value is -1.81. The fourth-order valence-corrected chi connectivity index (χ4v) is 2.09. The first-order chi connectivity index (χ1) is 8.33. The van der Waals surface area contributed by atoms with Crippen molar-refractivity contribution in [1.29, 1.82) is 0 Å². The van der Waals surface area contributed by atoms with Gasteiger partial charge in [0.1, 0.15) is 5.75 Å². The van der Waals surface area contributed by atoms with Crippen LogP contribution < -0.4 is 5.32 Å². The molecular formula is C13H15N3O. The van der Waals surface area contributed by atoms with E-state index in [4.69, 9.17) is 0 Å². The van der Waals surface area contributed by atoms with E-state index in [0.717, 1.165) is 30.9 Å². The van der Waals surface area contributed by atoms with Crippen LogP contribution in [-0.4, -0.2) is 27.7 Å². The van der Waals surface area contributed by atoms with E-state index < -0.39 is 0 Å². The molecule has 0 unspecified atom stereocenters. The molecule has 88 valence electrons. The predicted octanol–water partition coefficient (Wildman–Crippen LogP) is 1.48. The van der Waals surface area contributed by atoms with E-state index >= 15 is 0 Å². The van der Waals surface area contributed by atoms with Crippen molar-refractivity contribution in [1.82, 2.24) is 14.9 Å². The summed E-state index contributed by atoms with van der Waals surface area (Å²) in [4.78, 5) is 4.21. The van der Waals surface area contributed by atoms with Crippen molar-refractivity contribution in [3.8, 4) is 17.0 Å². The molecule has 17 heavy (non-hydrogen) atoms. The van der Waals surface area contributed by atoms with E-state index in [2.05, 4.69) is 14.9 Å². The largest absolute Gasteiger partial charge is 0.508 e. The second-order valence-corrected chi connectivity index (χ2v) is 4.50. The van der Waals surface area contributed by atoms with Crippen molar-refractivity contribution in [2.75, 3.05) is 13.1 Å². The first-order valence-corrected chi connectivity index (χ1v) is 5.83. The highest BCUT2D eigenvalue weighted by Crippen LogP contribution is 2.22. The van der Waals surface area contributed by atoms with Gasteiger partial charge in [0.25, 0.3) is 0 Å². The van der Waals surface area contributed by atoms with Gasteiger partial charge in [0.2, 0.25) is 0 Å². The Balaban J connectivity index is 1.86. The second kappa shape index (κ2) is 4.22. The molecule has 3 rings (SSSR count). The predicted molar refractivity (Wildman–Crippen MR) is 65.7 cm³/mol. The summed E-state index contributed by atoms with van der Waals surface area (Å²) < 4.78 is 2.18. The number of imidazole rings is 1. The SMILES string of the molecule is Oc1ccc(-c2cncn2CC2CNC2)cc1. The van der Waals surface area contributed by atoms with Gasteiger partial charge in [-0.15, -0.1) is 0 Å². The number of hydrogen-bond donors (Lipinski definition) is 2. The minimum Gasteiger partial charge on any atom is -0.508 e. The minimum absolute atomic E-state index is 0.294. The van der Waals surface area contributed by atoms with Crippen molar-refractivity contribution < 1.29 is 5.11 Å². The lowest BCUT2D eigenvalue weighted by Crippen LogP contribution is -2.44. The maximum absolute atomic E-state index is 9.29. The molecule has 0 radical (unpaired) electrons. The summed E-state index contributed by atoms with van der Waals surface area (Å²) in [5.74, 6) is 1.00. The van der Waals surface area contributed by atoms with Gasteiger partial charge >= 0.3 is 0 Å². The van der Waals surface area contributed by atoms with Gasteiger partial charge in [0.05, 0.1) is 18.2 Å². The Bertz CT molecular complexity index is 500. The summed E-state index contributed by atoms with van der Waals surface area (Å²) in [6, 6.07) is 7.25. The lowest BCUT2D eigenvalue weighted by atomic mass is 10.0. The summed E-state index contributed by atoms with van der Waals surface area (Å²) in [6.45, 7) is 3.18. The average Bonchev–Trinajstić information content (AvgIpc) is 2.73. The Kier molecular flexibility index (Phi) is 2.57. The molecule has 1 aromatic carbocycles. The number of aromatic nitrogens is 2. The summed E-state index contributed by atoms with van der Waals surface area (Å²) in [5, 5.41) is 12.6. The zero-order valence-electron chi connectivity index (χ0n) is 9.50. The first-order valence-electron chi connectivity index (χ1n) is 5.83. The molecule has 4 nitrogen and oxygen atoms in total. The van der Waals surface area contributed by atoms with Crippen molar-refractivity contribution in [2.45, 2.75) is 6.54 Å². The van der Waals surface area contributed by atoms with Gasteiger partial charge in [-0.2, -0.15) is 0 Å². The fraction of sp³-hybridized carbons (Fsp3) is 0.308. The number of nitrogens with zero attached hydrogens (tertiary/aromatic N) is 2. The molecule has 0 spiro atoms. The van der Waals surface area contributed by atoms with Crippen LogP contribution in [0.15, 0.2) is 36.8 Å². The number of hydrogen-bond acceptors (Lipinski definition) is 3. The summed E-state index contributed by atoms with van der Waals surface area (Å²) in [7, 11) is 0. The summed E-state index contributed by atoms with van der Waals surface area (Å²) in [6.07, 6.45) is 3.75.